The van der Waals surface area contributed by atoms with Crippen LogP contribution in [0.4, 0.5) is 33.3 Å². The lowest BCUT2D eigenvalue weighted by Gasteiger charge is -2.24. The van der Waals surface area contributed by atoms with Gasteiger partial charge >= 0.3 is 12.1 Å². The van der Waals surface area contributed by atoms with E-state index in [1.807, 2.05) is 0 Å². The van der Waals surface area contributed by atoms with Gasteiger partial charge in [-0.05, 0) is 19.1 Å². The number of alkyl halides is 5. The summed E-state index contributed by atoms with van der Waals surface area (Å²) in [6, 6.07) is 5.03. The molecule has 13 heteroatoms. The number of para-hydroxylation sites is 2. The largest absolute Gasteiger partial charge is 0.455 e. The Hall–Kier alpha value is -3.25. The molecule has 8 nitrogen and oxygen atoms in total. The van der Waals surface area contributed by atoms with Gasteiger partial charge < -0.3 is 20.9 Å². The molecular weight excluding hydrogens is 431 g/mol. The van der Waals surface area contributed by atoms with Crippen LogP contribution in [-0.4, -0.2) is 54.9 Å². The van der Waals surface area contributed by atoms with E-state index in [-0.39, 0.29) is 6.54 Å². The van der Waals surface area contributed by atoms with Crippen LogP contribution in [0.15, 0.2) is 24.3 Å². The molecule has 4 amide bonds. The van der Waals surface area contributed by atoms with Crippen LogP contribution < -0.4 is 20.9 Å². The van der Waals surface area contributed by atoms with Crippen LogP contribution in [0.1, 0.15) is 13.8 Å². The molecule has 31 heavy (non-hydrogen) atoms. The van der Waals surface area contributed by atoms with Crippen molar-refractivity contribution in [3.8, 4) is 0 Å². The Bertz CT molecular complexity index is 890. The third-order valence-corrected chi connectivity index (χ3v) is 4.52. The van der Waals surface area contributed by atoms with Crippen molar-refractivity contribution in [2.45, 2.75) is 32.0 Å². The number of nitrogens with zero attached hydrogens (tertiary/aromatic N) is 1. The molecular formula is C18H19F5N4O4. The molecule has 1 aliphatic rings. The summed E-state index contributed by atoms with van der Waals surface area (Å²) >= 11 is 0. The predicted octanol–water partition coefficient (Wildman–Crippen LogP) is 1.43. The predicted molar refractivity (Wildman–Crippen MR) is 98.2 cm³/mol. The lowest BCUT2D eigenvalue weighted by atomic mass is 10.1. The minimum Gasteiger partial charge on any atom is -0.349 e. The summed E-state index contributed by atoms with van der Waals surface area (Å²) in [6.07, 6.45) is -5.87. The van der Waals surface area contributed by atoms with Gasteiger partial charge in [0.25, 0.3) is 0 Å². The first-order chi connectivity index (χ1) is 14.2. The van der Waals surface area contributed by atoms with Gasteiger partial charge in [0.2, 0.25) is 23.6 Å². The standard InChI is InChI=1S/C18H19F5N4O4/c1-9(14(29)24-8-17(19,20)18(21,22)23)15(30)26-12-7-27(10(2)28)13-6-4-3-5-11(13)25-16(12)31/h3-6,9,12H,7-8H2,1-2H3,(H,24,29)(H,25,31)(H,26,30)/t9?,12-/m0/s1. The smallest absolute Gasteiger partial charge is 0.349 e. The van der Waals surface area contributed by atoms with E-state index < -0.39 is 54.2 Å². The molecule has 0 saturated heterocycles. The fourth-order valence-corrected chi connectivity index (χ4v) is 2.67. The first-order valence-electron chi connectivity index (χ1n) is 8.95. The first kappa shape index (κ1) is 24.0. The second-order valence-corrected chi connectivity index (χ2v) is 6.84. The lowest BCUT2D eigenvalue weighted by Crippen LogP contribution is -2.54. The molecule has 1 aromatic rings. The highest BCUT2D eigenvalue weighted by Crippen LogP contribution is 2.34. The van der Waals surface area contributed by atoms with Gasteiger partial charge in [0.05, 0.1) is 24.5 Å². The van der Waals surface area contributed by atoms with Crippen LogP contribution in [0, 0.1) is 5.92 Å². The summed E-state index contributed by atoms with van der Waals surface area (Å²) in [5, 5.41) is 6.12. The molecule has 0 radical (unpaired) electrons. The summed E-state index contributed by atoms with van der Waals surface area (Å²) in [6.45, 7) is -0.112. The van der Waals surface area contributed by atoms with Gasteiger partial charge in [-0.15, -0.1) is 0 Å². The van der Waals surface area contributed by atoms with E-state index >= 15 is 0 Å². The minimum atomic E-state index is -5.87. The highest BCUT2D eigenvalue weighted by molar-refractivity contribution is 6.07. The van der Waals surface area contributed by atoms with Gasteiger partial charge in [0.15, 0.2) is 0 Å². The van der Waals surface area contributed by atoms with Crippen LogP contribution in [0.5, 0.6) is 0 Å². The Labute approximate surface area is 173 Å². The Morgan fingerprint density at radius 3 is 2.35 bits per heavy atom. The number of carbonyl (C=O) groups is 4. The number of rotatable bonds is 5. The zero-order valence-electron chi connectivity index (χ0n) is 16.3. The number of anilines is 2. The van der Waals surface area contributed by atoms with Crippen molar-refractivity contribution >= 4 is 35.0 Å². The van der Waals surface area contributed by atoms with Gasteiger partial charge in [-0.3, -0.25) is 19.2 Å². The molecule has 0 aromatic heterocycles. The van der Waals surface area contributed by atoms with Crippen LogP contribution in [-0.2, 0) is 19.2 Å². The van der Waals surface area contributed by atoms with Crippen LogP contribution in [0.2, 0.25) is 0 Å². The average molecular weight is 450 g/mol. The maximum absolute atomic E-state index is 12.9. The van der Waals surface area contributed by atoms with E-state index in [1.165, 1.54) is 23.2 Å². The Morgan fingerprint density at radius 2 is 1.77 bits per heavy atom. The molecule has 0 saturated carbocycles. The molecule has 0 aliphatic carbocycles. The number of nitrogens with one attached hydrogen (secondary N) is 3. The van der Waals surface area contributed by atoms with E-state index in [2.05, 4.69) is 10.6 Å². The molecule has 2 rings (SSSR count). The van der Waals surface area contributed by atoms with Gasteiger partial charge in [-0.2, -0.15) is 22.0 Å². The summed E-state index contributed by atoms with van der Waals surface area (Å²) in [7, 11) is 0. The second-order valence-electron chi connectivity index (χ2n) is 6.84. The van der Waals surface area contributed by atoms with Crippen LogP contribution >= 0.6 is 0 Å². The maximum atomic E-state index is 12.9. The molecule has 170 valence electrons. The first-order valence-corrected chi connectivity index (χ1v) is 8.95. The SMILES string of the molecule is CC(=O)N1C[C@H](NC(=O)C(C)C(=O)NCC(F)(F)C(F)(F)F)C(=O)Nc2ccccc21. The highest BCUT2D eigenvalue weighted by Gasteiger charge is 2.57. The quantitative estimate of drug-likeness (QED) is 0.466. The summed E-state index contributed by atoms with van der Waals surface area (Å²) in [5.74, 6) is -10.5. The lowest BCUT2D eigenvalue weighted by molar-refractivity contribution is -0.278. The number of carbonyl (C=O) groups excluding carboxylic acids is 4. The Kier molecular flexibility index (Phi) is 6.86. The molecule has 2 atom stereocenters. The van der Waals surface area contributed by atoms with E-state index in [4.69, 9.17) is 0 Å². The van der Waals surface area contributed by atoms with Crippen molar-refractivity contribution in [1.82, 2.24) is 10.6 Å². The summed E-state index contributed by atoms with van der Waals surface area (Å²) in [4.78, 5) is 49.8. The number of fused-ring (bicyclic) bond motifs is 1. The monoisotopic (exact) mass is 450 g/mol. The fraction of sp³-hybridized carbons (Fsp3) is 0.444. The number of halogens is 5. The molecule has 1 aliphatic heterocycles. The van der Waals surface area contributed by atoms with Gasteiger partial charge in [0, 0.05) is 6.92 Å². The zero-order valence-corrected chi connectivity index (χ0v) is 16.3. The van der Waals surface area contributed by atoms with Crippen molar-refractivity contribution in [1.29, 1.82) is 0 Å². The van der Waals surface area contributed by atoms with Crippen molar-refractivity contribution in [2.75, 3.05) is 23.3 Å². The van der Waals surface area contributed by atoms with Crippen molar-refractivity contribution in [2.24, 2.45) is 5.92 Å². The number of amides is 4. The molecule has 0 spiro atoms. The van der Waals surface area contributed by atoms with E-state index in [9.17, 15) is 41.1 Å². The molecule has 0 fully saturated rings. The van der Waals surface area contributed by atoms with E-state index in [0.29, 0.717) is 11.4 Å². The van der Waals surface area contributed by atoms with Crippen molar-refractivity contribution < 1.29 is 41.1 Å². The summed E-state index contributed by atoms with van der Waals surface area (Å²) in [5.41, 5.74) is 0.680. The van der Waals surface area contributed by atoms with Crippen LogP contribution in [0.25, 0.3) is 0 Å². The average Bonchev–Trinajstić information content (AvgIpc) is 2.81. The van der Waals surface area contributed by atoms with E-state index in [0.717, 1.165) is 6.92 Å². The topological polar surface area (TPSA) is 108 Å². The van der Waals surface area contributed by atoms with Crippen LogP contribution in [0.3, 0.4) is 0 Å². The Balaban J connectivity index is 2.07. The third-order valence-electron chi connectivity index (χ3n) is 4.52. The third kappa shape index (κ3) is 5.47. The van der Waals surface area contributed by atoms with E-state index in [1.54, 1.807) is 18.2 Å². The Morgan fingerprint density at radius 1 is 1.16 bits per heavy atom. The number of hydrogen-bond acceptors (Lipinski definition) is 4. The highest BCUT2D eigenvalue weighted by atomic mass is 19.4. The van der Waals surface area contributed by atoms with Crippen molar-refractivity contribution in [3.05, 3.63) is 24.3 Å². The molecule has 1 unspecified atom stereocenters. The van der Waals surface area contributed by atoms with Gasteiger partial charge in [0.1, 0.15) is 12.0 Å². The maximum Gasteiger partial charge on any atom is 0.455 e. The second kappa shape index (κ2) is 8.86. The molecule has 3 N–H and O–H groups in total. The zero-order chi connectivity index (χ0) is 23.6. The van der Waals surface area contributed by atoms with Crippen molar-refractivity contribution in [3.63, 3.8) is 0 Å². The normalized spacial score (nSPS) is 17.7. The molecule has 0 bridgehead atoms. The fourth-order valence-electron chi connectivity index (χ4n) is 2.67. The molecule has 1 heterocycles. The van der Waals surface area contributed by atoms with Gasteiger partial charge in [-0.1, -0.05) is 12.1 Å². The number of benzene rings is 1. The minimum absolute atomic E-state index is 0.287. The molecule has 1 aromatic carbocycles. The number of hydrogen-bond donors (Lipinski definition) is 3. The van der Waals surface area contributed by atoms with Gasteiger partial charge in [-0.25, -0.2) is 0 Å². The summed E-state index contributed by atoms with van der Waals surface area (Å²) < 4.78 is 62.5.